The van der Waals surface area contributed by atoms with Gasteiger partial charge in [0.1, 0.15) is 0 Å². The molecule has 2 nitrogen and oxygen atoms in total. The zero-order chi connectivity index (χ0) is 22.8. The maximum atomic E-state index is 10.8. The summed E-state index contributed by atoms with van der Waals surface area (Å²) in [6.07, 6.45) is 13.8. The molecule has 0 heterocycles. The van der Waals surface area contributed by atoms with Gasteiger partial charge in [-0.25, -0.2) is 0 Å². The second-order valence-electron chi connectivity index (χ2n) is 14.1. The maximum Gasteiger partial charge on any atom is 0.0657 e. The quantitative estimate of drug-likeness (QED) is 0.471. The van der Waals surface area contributed by atoms with Gasteiger partial charge in [0, 0.05) is 7.11 Å². The van der Waals surface area contributed by atoms with Crippen molar-refractivity contribution in [1.82, 2.24) is 0 Å². The molecule has 0 aromatic heterocycles. The third-order valence-electron chi connectivity index (χ3n) is 10.7. The highest BCUT2D eigenvalue weighted by molar-refractivity contribution is 5.28. The molecule has 0 unspecified atom stereocenters. The van der Waals surface area contributed by atoms with Crippen molar-refractivity contribution in [3.63, 3.8) is 0 Å². The van der Waals surface area contributed by atoms with Crippen molar-refractivity contribution in [2.75, 3.05) is 7.11 Å². The van der Waals surface area contributed by atoms with E-state index in [4.69, 9.17) is 4.74 Å². The van der Waals surface area contributed by atoms with Crippen molar-refractivity contribution >= 4 is 0 Å². The van der Waals surface area contributed by atoms with Crippen LogP contribution < -0.4 is 0 Å². The average molecular weight is 431 g/mol. The van der Waals surface area contributed by atoms with Crippen LogP contribution in [0.5, 0.6) is 0 Å². The molecule has 3 fully saturated rings. The predicted molar refractivity (Wildman–Crippen MR) is 130 cm³/mol. The lowest BCUT2D eigenvalue weighted by Gasteiger charge is -2.61. The van der Waals surface area contributed by atoms with E-state index in [9.17, 15) is 5.11 Å². The van der Waals surface area contributed by atoms with Crippen LogP contribution in [0.2, 0.25) is 0 Å². The number of hydrogen-bond acceptors (Lipinski definition) is 2. The second kappa shape index (κ2) is 7.86. The molecule has 0 aliphatic heterocycles. The molecule has 0 amide bonds. The Morgan fingerprint density at radius 2 is 1.87 bits per heavy atom. The van der Waals surface area contributed by atoms with Gasteiger partial charge in [-0.2, -0.15) is 0 Å². The van der Waals surface area contributed by atoms with E-state index in [-0.39, 0.29) is 5.41 Å². The topological polar surface area (TPSA) is 29.5 Å². The van der Waals surface area contributed by atoms with Crippen LogP contribution in [0, 0.1) is 45.8 Å². The average Bonchev–Trinajstić information content (AvgIpc) is 3.02. The van der Waals surface area contributed by atoms with Gasteiger partial charge in [0.25, 0.3) is 0 Å². The summed E-state index contributed by atoms with van der Waals surface area (Å²) in [7, 11) is 1.97. The molecular weight excluding hydrogens is 380 g/mol. The number of hydrogen-bond donors (Lipinski definition) is 1. The van der Waals surface area contributed by atoms with Crippen LogP contribution >= 0.6 is 0 Å². The number of aliphatic hydroxyl groups is 1. The third kappa shape index (κ3) is 4.07. The molecule has 0 aromatic carbocycles. The summed E-state index contributed by atoms with van der Waals surface area (Å²) >= 11 is 0. The Morgan fingerprint density at radius 3 is 2.52 bits per heavy atom. The highest BCUT2D eigenvalue weighted by Crippen LogP contribution is 2.68. The molecule has 4 aliphatic rings. The lowest BCUT2D eigenvalue weighted by Crippen LogP contribution is -2.57. The number of methoxy groups -OCH3 is 1. The molecule has 0 bridgehead atoms. The Balaban J connectivity index is 1.61. The van der Waals surface area contributed by atoms with Crippen molar-refractivity contribution in [2.24, 2.45) is 45.8 Å². The van der Waals surface area contributed by atoms with Gasteiger partial charge < -0.3 is 9.84 Å². The largest absolute Gasteiger partial charge is 0.390 e. The van der Waals surface area contributed by atoms with Gasteiger partial charge in [-0.05, 0) is 111 Å². The zero-order valence-corrected chi connectivity index (χ0v) is 21.8. The van der Waals surface area contributed by atoms with Crippen LogP contribution in [0.1, 0.15) is 106 Å². The SMILES string of the molecule is CO[C@H]1C[C@]2(C)[C@@H]([C@H](C)CCC(C)(C)C)CC[C@H]2[C@@H]2CC=C3C[C@@](C)(O)CC[C@]3(C)[C@H]21. The molecule has 0 spiro atoms. The van der Waals surface area contributed by atoms with Crippen LogP contribution in [-0.4, -0.2) is 23.9 Å². The summed E-state index contributed by atoms with van der Waals surface area (Å²) in [4.78, 5) is 0. The first-order valence-electron chi connectivity index (χ1n) is 13.3. The molecule has 31 heavy (non-hydrogen) atoms. The summed E-state index contributed by atoms with van der Waals surface area (Å²) in [6, 6.07) is 0. The molecule has 4 aliphatic carbocycles. The van der Waals surface area contributed by atoms with Crippen LogP contribution in [0.15, 0.2) is 11.6 Å². The van der Waals surface area contributed by atoms with Crippen molar-refractivity contribution in [3.8, 4) is 0 Å². The smallest absolute Gasteiger partial charge is 0.0657 e. The number of rotatable bonds is 4. The fraction of sp³-hybridized carbons (Fsp3) is 0.931. The minimum atomic E-state index is -0.523. The van der Waals surface area contributed by atoms with E-state index in [2.05, 4.69) is 47.6 Å². The molecule has 1 N–H and O–H groups in total. The number of ether oxygens (including phenoxy) is 1. The van der Waals surface area contributed by atoms with E-state index in [1.54, 1.807) is 0 Å². The first-order chi connectivity index (χ1) is 14.3. The van der Waals surface area contributed by atoms with Crippen LogP contribution in [0.4, 0.5) is 0 Å². The van der Waals surface area contributed by atoms with Crippen molar-refractivity contribution in [2.45, 2.75) is 118 Å². The van der Waals surface area contributed by atoms with Gasteiger partial charge in [0.05, 0.1) is 11.7 Å². The maximum absolute atomic E-state index is 10.8. The van der Waals surface area contributed by atoms with Crippen molar-refractivity contribution < 1.29 is 9.84 Å². The summed E-state index contributed by atoms with van der Waals surface area (Å²) in [5.41, 5.74) is 2.07. The molecular formula is C29H50O2. The van der Waals surface area contributed by atoms with E-state index in [0.29, 0.717) is 22.9 Å². The third-order valence-corrected chi connectivity index (χ3v) is 10.7. The Kier molecular flexibility index (Phi) is 6.04. The van der Waals surface area contributed by atoms with Gasteiger partial charge in [-0.3, -0.25) is 0 Å². The van der Waals surface area contributed by atoms with Gasteiger partial charge in [-0.1, -0.05) is 53.2 Å². The zero-order valence-electron chi connectivity index (χ0n) is 21.8. The van der Waals surface area contributed by atoms with Gasteiger partial charge in [0.2, 0.25) is 0 Å². The number of allylic oxidation sites excluding steroid dienone is 1. The normalized spacial score (nSPS) is 48.4. The lowest BCUT2D eigenvalue weighted by atomic mass is 9.45. The highest BCUT2D eigenvalue weighted by Gasteiger charge is 2.62. The first kappa shape index (κ1) is 23.8. The fourth-order valence-corrected chi connectivity index (χ4v) is 8.96. The number of fused-ring (bicyclic) bond motifs is 5. The summed E-state index contributed by atoms with van der Waals surface area (Å²) in [6.45, 7) is 16.9. The monoisotopic (exact) mass is 430 g/mol. The Bertz CT molecular complexity index is 700. The predicted octanol–water partition coefficient (Wildman–Crippen LogP) is 7.40. The second-order valence-corrected chi connectivity index (χ2v) is 14.1. The minimum absolute atomic E-state index is 0.211. The van der Waals surface area contributed by atoms with E-state index < -0.39 is 5.60 Å². The lowest BCUT2D eigenvalue weighted by molar-refractivity contribution is -0.146. The molecule has 0 saturated heterocycles. The summed E-state index contributed by atoms with van der Waals surface area (Å²) in [5, 5.41) is 10.8. The first-order valence-corrected chi connectivity index (χ1v) is 13.3. The molecule has 4 rings (SSSR count). The van der Waals surface area contributed by atoms with E-state index >= 15 is 0 Å². The Labute approximate surface area is 192 Å². The molecule has 0 radical (unpaired) electrons. The Morgan fingerprint density at radius 1 is 1.16 bits per heavy atom. The highest BCUT2D eigenvalue weighted by atomic mass is 16.5. The standard InChI is InChI=1S/C29H50O2/c1-19(13-14-26(2,3)4)22-11-12-23-21-10-9-20-17-27(5,30)15-16-28(20,6)25(21)24(31-8)18-29(22,23)7/h9,19,21-25,30H,10-18H2,1-8H3/t19-,21+,22-,23+,24+,25-,27+,28+,29-/m1/s1. The van der Waals surface area contributed by atoms with Gasteiger partial charge in [-0.15, -0.1) is 0 Å². The summed E-state index contributed by atoms with van der Waals surface area (Å²) in [5.74, 6) is 3.85. The molecule has 0 aromatic rings. The van der Waals surface area contributed by atoms with Crippen molar-refractivity contribution in [3.05, 3.63) is 11.6 Å². The fourth-order valence-electron chi connectivity index (χ4n) is 8.96. The van der Waals surface area contributed by atoms with E-state index in [1.165, 1.54) is 44.1 Å². The van der Waals surface area contributed by atoms with Crippen LogP contribution in [-0.2, 0) is 4.74 Å². The Hall–Kier alpha value is -0.340. The summed E-state index contributed by atoms with van der Waals surface area (Å²) < 4.78 is 6.35. The van der Waals surface area contributed by atoms with Crippen LogP contribution in [0.25, 0.3) is 0 Å². The molecule has 2 heteroatoms. The molecule has 178 valence electrons. The van der Waals surface area contributed by atoms with Gasteiger partial charge >= 0.3 is 0 Å². The van der Waals surface area contributed by atoms with Gasteiger partial charge in [0.15, 0.2) is 0 Å². The van der Waals surface area contributed by atoms with Crippen LogP contribution in [0.3, 0.4) is 0 Å². The molecule has 3 saturated carbocycles. The van der Waals surface area contributed by atoms with Crippen molar-refractivity contribution in [1.29, 1.82) is 0 Å². The van der Waals surface area contributed by atoms with E-state index in [0.717, 1.165) is 42.9 Å². The molecule has 9 atom stereocenters. The minimum Gasteiger partial charge on any atom is -0.390 e. The van der Waals surface area contributed by atoms with E-state index in [1.807, 2.05) is 14.0 Å².